The van der Waals surface area contributed by atoms with Crippen molar-refractivity contribution in [2.75, 3.05) is 0 Å². The second-order valence-corrected chi connectivity index (χ2v) is 6.22. The Morgan fingerprint density at radius 2 is 1.71 bits per heavy atom. The van der Waals surface area contributed by atoms with Gasteiger partial charge in [0, 0.05) is 12.6 Å². The van der Waals surface area contributed by atoms with Crippen LogP contribution in [0.2, 0.25) is 0 Å². The maximum Gasteiger partial charge on any atom is 0.240 e. The van der Waals surface area contributed by atoms with E-state index in [1.807, 2.05) is 20.8 Å². The number of sulfonamides is 1. The molecule has 17 heavy (non-hydrogen) atoms. The van der Waals surface area contributed by atoms with Crippen molar-refractivity contribution in [1.29, 1.82) is 0 Å². The molecule has 0 aliphatic heterocycles. The fourth-order valence-electron chi connectivity index (χ4n) is 1.25. The zero-order chi connectivity index (χ0) is 13.1. The fourth-order valence-corrected chi connectivity index (χ4v) is 2.65. The summed E-state index contributed by atoms with van der Waals surface area (Å²) in [6.45, 7) is 6.22. The molecule has 0 spiro atoms. The highest BCUT2D eigenvalue weighted by Crippen LogP contribution is 2.12. The zero-order valence-electron chi connectivity index (χ0n) is 10.5. The first-order chi connectivity index (χ1) is 7.86. The van der Waals surface area contributed by atoms with Crippen LogP contribution in [0.1, 0.15) is 26.3 Å². The Kier molecular flexibility index (Phi) is 4.68. The number of nitrogens with one attached hydrogen (secondary N) is 1. The van der Waals surface area contributed by atoms with Gasteiger partial charge in [0.15, 0.2) is 0 Å². The Bertz CT molecular complexity index is 452. The highest BCUT2D eigenvalue weighted by Gasteiger charge is 2.18. The molecule has 0 heterocycles. The van der Waals surface area contributed by atoms with Crippen LogP contribution in [0.4, 0.5) is 0 Å². The Morgan fingerprint density at radius 1 is 1.18 bits per heavy atom. The number of benzene rings is 1. The molecule has 1 aromatic carbocycles. The summed E-state index contributed by atoms with van der Waals surface area (Å²) in [5, 5.41) is 0. The standard InChI is InChI=1S/C12H20N2O2S/c1-9(2)10(3)14-17(15,16)12-6-4-11(8-13)5-7-12/h4-7,9-10,14H,8,13H2,1-3H3. The quantitative estimate of drug-likeness (QED) is 0.838. The molecule has 0 aromatic heterocycles. The lowest BCUT2D eigenvalue weighted by Gasteiger charge is -2.17. The minimum Gasteiger partial charge on any atom is -0.326 e. The average molecular weight is 256 g/mol. The number of nitrogens with two attached hydrogens (primary N) is 1. The first-order valence-corrected chi connectivity index (χ1v) is 7.16. The van der Waals surface area contributed by atoms with Gasteiger partial charge >= 0.3 is 0 Å². The third-order valence-electron chi connectivity index (χ3n) is 2.81. The maximum atomic E-state index is 12.0. The summed E-state index contributed by atoms with van der Waals surface area (Å²) in [5.74, 6) is 0.257. The lowest BCUT2D eigenvalue weighted by Crippen LogP contribution is -2.36. The monoisotopic (exact) mass is 256 g/mol. The lowest BCUT2D eigenvalue weighted by molar-refractivity contribution is 0.476. The van der Waals surface area contributed by atoms with E-state index in [2.05, 4.69) is 4.72 Å². The van der Waals surface area contributed by atoms with E-state index in [0.717, 1.165) is 5.56 Å². The number of hydrogen-bond donors (Lipinski definition) is 2. The average Bonchev–Trinajstić information content (AvgIpc) is 2.28. The van der Waals surface area contributed by atoms with Crippen LogP contribution in [0.15, 0.2) is 29.2 Å². The van der Waals surface area contributed by atoms with Crippen molar-refractivity contribution in [3.63, 3.8) is 0 Å². The molecule has 3 N–H and O–H groups in total. The van der Waals surface area contributed by atoms with E-state index in [0.29, 0.717) is 6.54 Å². The summed E-state index contributed by atoms with van der Waals surface area (Å²) in [5.41, 5.74) is 6.38. The second kappa shape index (κ2) is 5.62. The van der Waals surface area contributed by atoms with Crippen molar-refractivity contribution in [2.45, 2.75) is 38.3 Å². The van der Waals surface area contributed by atoms with Crippen LogP contribution in [0.25, 0.3) is 0 Å². The Morgan fingerprint density at radius 3 is 2.12 bits per heavy atom. The molecule has 0 aliphatic carbocycles. The summed E-state index contributed by atoms with van der Waals surface area (Å²) in [6, 6.07) is 6.53. The van der Waals surface area contributed by atoms with Crippen LogP contribution in [0.3, 0.4) is 0 Å². The third kappa shape index (κ3) is 3.80. The van der Waals surface area contributed by atoms with Gasteiger partial charge in [-0.05, 0) is 30.5 Å². The molecule has 0 saturated heterocycles. The molecule has 0 radical (unpaired) electrons. The van der Waals surface area contributed by atoms with E-state index in [-0.39, 0.29) is 16.9 Å². The van der Waals surface area contributed by atoms with Crippen LogP contribution < -0.4 is 10.5 Å². The van der Waals surface area contributed by atoms with Gasteiger partial charge in [-0.25, -0.2) is 13.1 Å². The topological polar surface area (TPSA) is 72.2 Å². The summed E-state index contributed by atoms with van der Waals surface area (Å²) < 4.78 is 26.7. The van der Waals surface area contributed by atoms with Crippen molar-refractivity contribution in [2.24, 2.45) is 11.7 Å². The summed E-state index contributed by atoms with van der Waals surface area (Å²) in [4.78, 5) is 0.280. The predicted molar refractivity (Wildman–Crippen MR) is 69.0 cm³/mol. The molecule has 0 amide bonds. The van der Waals surface area contributed by atoms with Crippen LogP contribution in [-0.2, 0) is 16.6 Å². The largest absolute Gasteiger partial charge is 0.326 e. The van der Waals surface area contributed by atoms with Crippen LogP contribution >= 0.6 is 0 Å². The van der Waals surface area contributed by atoms with Crippen molar-refractivity contribution in [3.8, 4) is 0 Å². The van der Waals surface area contributed by atoms with Crippen molar-refractivity contribution in [1.82, 2.24) is 4.72 Å². The Balaban J connectivity index is 2.89. The van der Waals surface area contributed by atoms with Crippen LogP contribution in [0, 0.1) is 5.92 Å². The van der Waals surface area contributed by atoms with Gasteiger partial charge in [0.25, 0.3) is 0 Å². The van der Waals surface area contributed by atoms with Gasteiger partial charge in [0.2, 0.25) is 10.0 Å². The molecule has 1 rings (SSSR count). The summed E-state index contributed by atoms with van der Waals surface area (Å²) in [6.07, 6.45) is 0. The SMILES string of the molecule is CC(C)C(C)NS(=O)(=O)c1ccc(CN)cc1. The third-order valence-corrected chi connectivity index (χ3v) is 4.39. The van der Waals surface area contributed by atoms with E-state index < -0.39 is 10.0 Å². The van der Waals surface area contributed by atoms with Gasteiger partial charge in [-0.3, -0.25) is 0 Å². The van der Waals surface area contributed by atoms with Gasteiger partial charge in [-0.2, -0.15) is 0 Å². The normalized spacial score (nSPS) is 13.9. The van der Waals surface area contributed by atoms with Crippen molar-refractivity contribution < 1.29 is 8.42 Å². The summed E-state index contributed by atoms with van der Waals surface area (Å²) >= 11 is 0. The maximum absolute atomic E-state index is 12.0. The Hall–Kier alpha value is -0.910. The lowest BCUT2D eigenvalue weighted by atomic mass is 10.1. The predicted octanol–water partition coefficient (Wildman–Crippen LogP) is 1.47. The van der Waals surface area contributed by atoms with Crippen LogP contribution in [0.5, 0.6) is 0 Å². The smallest absolute Gasteiger partial charge is 0.240 e. The van der Waals surface area contributed by atoms with Crippen molar-refractivity contribution >= 4 is 10.0 Å². The second-order valence-electron chi connectivity index (χ2n) is 4.50. The molecule has 1 atom stereocenters. The molecule has 0 aliphatic rings. The first kappa shape index (κ1) is 14.2. The molecule has 0 saturated carbocycles. The van der Waals surface area contributed by atoms with E-state index >= 15 is 0 Å². The van der Waals surface area contributed by atoms with E-state index in [4.69, 9.17) is 5.73 Å². The van der Waals surface area contributed by atoms with Gasteiger partial charge < -0.3 is 5.73 Å². The molecular formula is C12H20N2O2S. The molecule has 5 heteroatoms. The molecule has 1 unspecified atom stereocenters. The molecule has 0 bridgehead atoms. The highest BCUT2D eigenvalue weighted by molar-refractivity contribution is 7.89. The van der Waals surface area contributed by atoms with E-state index in [9.17, 15) is 8.42 Å². The molecule has 4 nitrogen and oxygen atoms in total. The Labute approximate surface area is 103 Å². The fraction of sp³-hybridized carbons (Fsp3) is 0.500. The first-order valence-electron chi connectivity index (χ1n) is 5.68. The molecule has 0 fully saturated rings. The van der Waals surface area contributed by atoms with Crippen molar-refractivity contribution in [3.05, 3.63) is 29.8 Å². The summed E-state index contributed by atoms with van der Waals surface area (Å²) in [7, 11) is -3.42. The van der Waals surface area contributed by atoms with Crippen LogP contribution in [-0.4, -0.2) is 14.5 Å². The minimum absolute atomic E-state index is 0.0887. The zero-order valence-corrected chi connectivity index (χ0v) is 11.3. The molecular weight excluding hydrogens is 236 g/mol. The highest BCUT2D eigenvalue weighted by atomic mass is 32.2. The number of rotatable bonds is 5. The number of hydrogen-bond acceptors (Lipinski definition) is 3. The van der Waals surface area contributed by atoms with Gasteiger partial charge in [0.05, 0.1) is 4.90 Å². The minimum atomic E-state index is -3.42. The van der Waals surface area contributed by atoms with E-state index in [1.54, 1.807) is 24.3 Å². The van der Waals surface area contributed by atoms with Gasteiger partial charge in [-0.15, -0.1) is 0 Å². The molecule has 1 aromatic rings. The van der Waals surface area contributed by atoms with E-state index in [1.165, 1.54) is 0 Å². The molecule has 96 valence electrons. The van der Waals surface area contributed by atoms with Gasteiger partial charge in [-0.1, -0.05) is 26.0 Å². The van der Waals surface area contributed by atoms with Gasteiger partial charge in [0.1, 0.15) is 0 Å².